The molecule has 1 aliphatic rings. The molecule has 2 aromatic carbocycles. The van der Waals surface area contributed by atoms with Gasteiger partial charge in [0.15, 0.2) is 0 Å². The summed E-state index contributed by atoms with van der Waals surface area (Å²) in [5.41, 5.74) is 1.80. The summed E-state index contributed by atoms with van der Waals surface area (Å²) >= 11 is 5.96. The van der Waals surface area contributed by atoms with Crippen LogP contribution in [-0.2, 0) is 21.5 Å². The van der Waals surface area contributed by atoms with Gasteiger partial charge in [-0.3, -0.25) is 4.90 Å². The minimum absolute atomic E-state index is 0.124. The van der Waals surface area contributed by atoms with Crippen molar-refractivity contribution in [2.45, 2.75) is 12.7 Å². The number of halogens is 1. The highest BCUT2D eigenvalue weighted by molar-refractivity contribution is 7.84. The summed E-state index contributed by atoms with van der Waals surface area (Å²) in [6.45, 7) is 1.63. The van der Waals surface area contributed by atoms with Crippen LogP contribution in [-0.4, -0.2) is 51.6 Å². The van der Waals surface area contributed by atoms with Gasteiger partial charge in [0.2, 0.25) is 0 Å². The molecular formula is C19H22ClN2O6S-. The summed E-state index contributed by atoms with van der Waals surface area (Å²) in [6.07, 6.45) is 0.164. The predicted molar refractivity (Wildman–Crippen MR) is 109 cm³/mol. The number of nitrogens with zero attached hydrogens (tertiary/aromatic N) is 1. The number of cyclic esters (lactones) is 1. The molecule has 0 aromatic heterocycles. The molecule has 0 spiro atoms. The van der Waals surface area contributed by atoms with Gasteiger partial charge >= 0.3 is 6.09 Å². The zero-order valence-corrected chi connectivity index (χ0v) is 17.6. The van der Waals surface area contributed by atoms with Crippen molar-refractivity contribution in [2.75, 3.05) is 31.3 Å². The van der Waals surface area contributed by atoms with E-state index in [0.717, 1.165) is 17.0 Å². The molecule has 1 heterocycles. The number of benzene rings is 2. The van der Waals surface area contributed by atoms with E-state index >= 15 is 0 Å². The summed E-state index contributed by atoms with van der Waals surface area (Å²) in [4.78, 5) is 13.5. The van der Waals surface area contributed by atoms with Crippen LogP contribution in [0.1, 0.15) is 5.56 Å². The van der Waals surface area contributed by atoms with Gasteiger partial charge in [-0.05, 0) is 49.0 Å². The van der Waals surface area contributed by atoms with Crippen LogP contribution in [0.4, 0.5) is 10.5 Å². The lowest BCUT2D eigenvalue weighted by Crippen LogP contribution is -2.28. The zero-order valence-electron chi connectivity index (χ0n) is 16.0. The second-order valence-electron chi connectivity index (χ2n) is 6.29. The number of carbonyl (C=O) groups excluding carboxylic acids is 1. The van der Waals surface area contributed by atoms with Gasteiger partial charge < -0.3 is 19.3 Å². The van der Waals surface area contributed by atoms with Crippen molar-refractivity contribution in [3.63, 3.8) is 0 Å². The maximum Gasteiger partial charge on any atom is 0.414 e. The van der Waals surface area contributed by atoms with Crippen LogP contribution >= 0.6 is 11.6 Å². The van der Waals surface area contributed by atoms with Crippen LogP contribution in [0, 0.1) is 0 Å². The zero-order chi connectivity index (χ0) is 21.4. The lowest BCUT2D eigenvalue weighted by Gasteiger charge is -2.14. The number of hydrogen-bond acceptors (Lipinski definition) is 7. The van der Waals surface area contributed by atoms with Crippen LogP contribution in [0.15, 0.2) is 48.5 Å². The Labute approximate surface area is 175 Å². The van der Waals surface area contributed by atoms with E-state index in [2.05, 4.69) is 5.32 Å². The van der Waals surface area contributed by atoms with Crippen molar-refractivity contribution in [3.05, 3.63) is 59.1 Å². The van der Waals surface area contributed by atoms with E-state index in [4.69, 9.17) is 34.0 Å². The first kappa shape index (κ1) is 23.0. The van der Waals surface area contributed by atoms with Gasteiger partial charge in [0, 0.05) is 23.5 Å². The third-order valence-corrected chi connectivity index (χ3v) is 3.98. The molecule has 3 rings (SSSR count). The Balaban J connectivity index is 0.000000537. The normalized spacial score (nSPS) is 16.1. The molecule has 1 aliphatic heterocycles. The van der Waals surface area contributed by atoms with Crippen LogP contribution in [0.25, 0.3) is 0 Å². The van der Waals surface area contributed by atoms with Gasteiger partial charge in [0.1, 0.15) is 18.5 Å². The van der Waals surface area contributed by atoms with E-state index in [9.17, 15) is 4.79 Å². The van der Waals surface area contributed by atoms with E-state index in [0.29, 0.717) is 31.0 Å². The molecular weight excluding hydrogens is 420 g/mol. The quantitative estimate of drug-likeness (QED) is 0.686. The molecule has 0 radical (unpaired) electrons. The Morgan fingerprint density at radius 1 is 1.28 bits per heavy atom. The average molecular weight is 442 g/mol. The fourth-order valence-electron chi connectivity index (χ4n) is 2.58. The number of carbonyl (C=O) groups is 1. The van der Waals surface area contributed by atoms with E-state index in [1.165, 1.54) is 0 Å². The number of likely N-dealkylation sites (N-methyl/N-ethyl adjacent to an activating group) is 1. The summed E-state index contributed by atoms with van der Waals surface area (Å²) in [7, 11) is -2.08. The minimum Gasteiger partial charge on any atom is -0.748 e. The van der Waals surface area contributed by atoms with Gasteiger partial charge in [0.05, 0.1) is 16.7 Å². The predicted octanol–water partition coefficient (Wildman–Crippen LogP) is 2.63. The van der Waals surface area contributed by atoms with Crippen molar-refractivity contribution in [1.29, 1.82) is 0 Å². The van der Waals surface area contributed by atoms with Gasteiger partial charge in [-0.1, -0.05) is 23.7 Å². The van der Waals surface area contributed by atoms with Crippen LogP contribution in [0.3, 0.4) is 0 Å². The van der Waals surface area contributed by atoms with Crippen molar-refractivity contribution in [2.24, 2.45) is 0 Å². The summed E-state index contributed by atoms with van der Waals surface area (Å²) < 4.78 is 38.3. The van der Waals surface area contributed by atoms with Gasteiger partial charge in [-0.25, -0.2) is 13.2 Å². The van der Waals surface area contributed by atoms with E-state index in [-0.39, 0.29) is 12.2 Å². The van der Waals surface area contributed by atoms with Gasteiger partial charge in [-0.2, -0.15) is 0 Å². The molecule has 1 unspecified atom stereocenters. The third-order valence-electron chi connectivity index (χ3n) is 3.75. The first-order valence-electron chi connectivity index (χ1n) is 8.66. The van der Waals surface area contributed by atoms with Crippen molar-refractivity contribution < 1.29 is 27.2 Å². The van der Waals surface area contributed by atoms with Crippen molar-refractivity contribution in [3.8, 4) is 5.75 Å². The molecule has 1 amide bonds. The molecule has 1 N–H and O–H groups in total. The largest absolute Gasteiger partial charge is 0.748 e. The highest BCUT2D eigenvalue weighted by Crippen LogP contribution is 2.24. The minimum atomic E-state index is -3.92. The van der Waals surface area contributed by atoms with Gasteiger partial charge in [-0.15, -0.1) is 0 Å². The topological polar surface area (TPSA) is 108 Å². The van der Waals surface area contributed by atoms with E-state index in [1.807, 2.05) is 55.6 Å². The first-order chi connectivity index (χ1) is 13.7. The summed E-state index contributed by atoms with van der Waals surface area (Å²) in [6, 6.07) is 15.0. The van der Waals surface area contributed by atoms with Crippen LogP contribution in [0.2, 0.25) is 5.02 Å². The maximum atomic E-state index is 11.9. The molecule has 10 heteroatoms. The molecule has 0 bridgehead atoms. The number of anilines is 1. The first-order valence-corrected chi connectivity index (χ1v) is 10.9. The average Bonchev–Trinajstić information content (AvgIpc) is 3.00. The molecule has 1 atom stereocenters. The lowest BCUT2D eigenvalue weighted by atomic mass is 10.2. The Kier molecular flexibility index (Phi) is 8.27. The lowest BCUT2D eigenvalue weighted by molar-refractivity contribution is 0.141. The smallest absolute Gasteiger partial charge is 0.414 e. The molecule has 0 saturated carbocycles. The number of amides is 1. The molecule has 1 saturated heterocycles. The SMILES string of the molecule is CNCC1CN(c2ccc(OCc3cccc(Cl)c3)cc2)C(=O)O1.CS(=O)(=O)[O-]. The Hall–Kier alpha value is -2.33. The van der Waals surface area contributed by atoms with Crippen molar-refractivity contribution in [1.82, 2.24) is 5.32 Å². The van der Waals surface area contributed by atoms with E-state index < -0.39 is 10.1 Å². The monoisotopic (exact) mass is 441 g/mol. The molecule has 158 valence electrons. The second kappa shape index (κ2) is 10.4. The molecule has 8 nitrogen and oxygen atoms in total. The Bertz CT molecular complexity index is 913. The fraction of sp³-hybridized carbons (Fsp3) is 0.316. The third kappa shape index (κ3) is 8.28. The fourth-order valence-corrected chi connectivity index (χ4v) is 2.79. The number of rotatable bonds is 6. The van der Waals surface area contributed by atoms with Gasteiger partial charge in [0.25, 0.3) is 0 Å². The van der Waals surface area contributed by atoms with Crippen molar-refractivity contribution >= 4 is 33.5 Å². The van der Waals surface area contributed by atoms with Crippen LogP contribution < -0.4 is 15.0 Å². The highest BCUT2D eigenvalue weighted by atomic mass is 35.5. The molecule has 29 heavy (non-hydrogen) atoms. The Morgan fingerprint density at radius 3 is 2.52 bits per heavy atom. The molecule has 0 aliphatic carbocycles. The summed E-state index contributed by atoms with van der Waals surface area (Å²) in [5, 5.41) is 3.70. The number of hydrogen-bond donors (Lipinski definition) is 1. The van der Waals surface area contributed by atoms with E-state index in [1.54, 1.807) is 4.90 Å². The standard InChI is InChI=1S/C18H19ClN2O3.CH4O3S/c1-20-10-17-11-21(18(22)24-17)15-5-7-16(8-6-15)23-12-13-3-2-4-14(19)9-13;1-5(2,3)4/h2-9,17,20H,10-12H2,1H3;1H3,(H,2,3,4)/p-1. The highest BCUT2D eigenvalue weighted by Gasteiger charge is 2.31. The number of nitrogens with one attached hydrogen (secondary N) is 1. The second-order valence-corrected chi connectivity index (χ2v) is 8.14. The van der Waals surface area contributed by atoms with Crippen LogP contribution in [0.5, 0.6) is 5.75 Å². The maximum absolute atomic E-state index is 11.9. The number of ether oxygens (including phenoxy) is 2. The molecule has 2 aromatic rings. The molecule has 1 fully saturated rings. The Morgan fingerprint density at radius 2 is 1.93 bits per heavy atom. The summed E-state index contributed by atoms with van der Waals surface area (Å²) in [5.74, 6) is 0.734.